The Morgan fingerprint density at radius 1 is 1.50 bits per heavy atom. The lowest BCUT2D eigenvalue weighted by atomic mass is 10.1. The van der Waals surface area contributed by atoms with Crippen LogP contribution in [0.2, 0.25) is 0 Å². The molecule has 0 bridgehead atoms. The monoisotopic (exact) mass is 221 g/mol. The van der Waals surface area contributed by atoms with E-state index in [9.17, 15) is 0 Å². The predicted molar refractivity (Wildman–Crippen MR) is 68.3 cm³/mol. The van der Waals surface area contributed by atoms with Gasteiger partial charge < -0.3 is 5.32 Å². The van der Waals surface area contributed by atoms with E-state index < -0.39 is 0 Å². The number of hydrogen-bond acceptors (Lipinski definition) is 2. The van der Waals surface area contributed by atoms with Crippen LogP contribution < -0.4 is 5.32 Å². The highest BCUT2D eigenvalue weighted by molar-refractivity contribution is 5.05. The maximum Gasteiger partial charge on any atom is 0.0616 e. The van der Waals surface area contributed by atoms with E-state index in [2.05, 4.69) is 50.9 Å². The number of nitrogens with one attached hydrogen (secondary N) is 1. The topological polar surface area (TPSA) is 29.9 Å². The van der Waals surface area contributed by atoms with E-state index in [-0.39, 0.29) is 5.54 Å². The van der Waals surface area contributed by atoms with Crippen molar-refractivity contribution in [2.75, 3.05) is 0 Å². The molecule has 90 valence electrons. The van der Waals surface area contributed by atoms with Gasteiger partial charge in [0.1, 0.15) is 0 Å². The van der Waals surface area contributed by atoms with Crippen molar-refractivity contribution in [3.05, 3.63) is 30.1 Å². The Morgan fingerprint density at radius 2 is 2.19 bits per heavy atom. The van der Waals surface area contributed by atoms with Crippen molar-refractivity contribution in [2.45, 2.75) is 52.7 Å². The Balaban J connectivity index is 2.48. The van der Waals surface area contributed by atoms with Gasteiger partial charge in [0.25, 0.3) is 0 Å². The van der Waals surface area contributed by atoms with E-state index in [1.54, 1.807) is 0 Å². The Morgan fingerprint density at radius 3 is 2.75 bits per heavy atom. The second-order valence-electron chi connectivity index (χ2n) is 5.25. The highest BCUT2D eigenvalue weighted by Crippen LogP contribution is 2.06. The van der Waals surface area contributed by atoms with Gasteiger partial charge in [-0.25, -0.2) is 0 Å². The van der Waals surface area contributed by atoms with Crippen LogP contribution >= 0.6 is 0 Å². The molecule has 0 saturated heterocycles. The van der Waals surface area contributed by atoms with Crippen molar-refractivity contribution in [1.29, 1.82) is 0 Å². The Labute approximate surface area is 98.5 Å². The Bertz CT molecular complexity index is 344. The average Bonchev–Trinajstić information content (AvgIpc) is 2.61. The Hall–Kier alpha value is -1.09. The Kier molecular flexibility index (Phi) is 4.30. The van der Waals surface area contributed by atoms with Crippen LogP contribution in [-0.2, 0) is 13.1 Å². The van der Waals surface area contributed by atoms with E-state index >= 15 is 0 Å². The molecular formula is C13H23N3. The average molecular weight is 221 g/mol. The van der Waals surface area contributed by atoms with Gasteiger partial charge in [-0.15, -0.1) is 0 Å². The maximum atomic E-state index is 4.32. The number of allylic oxidation sites excluding steroid dienone is 1. The fourth-order valence-corrected chi connectivity index (χ4v) is 1.29. The van der Waals surface area contributed by atoms with Gasteiger partial charge in [-0.2, -0.15) is 5.10 Å². The quantitative estimate of drug-likeness (QED) is 0.775. The standard InChI is InChI=1S/C13H23N3/c1-6-11(2)9-16-10-12(8-15-16)7-14-13(3,4)5/h8,10,14H,2,6-7,9H2,1,3-5H3. The zero-order valence-electron chi connectivity index (χ0n) is 10.9. The first-order valence-corrected chi connectivity index (χ1v) is 5.83. The van der Waals surface area contributed by atoms with Crippen LogP contribution in [0.25, 0.3) is 0 Å². The molecule has 16 heavy (non-hydrogen) atoms. The van der Waals surface area contributed by atoms with Crippen molar-refractivity contribution in [3.8, 4) is 0 Å². The molecule has 0 atom stereocenters. The summed E-state index contributed by atoms with van der Waals surface area (Å²) in [6.07, 6.45) is 5.01. The summed E-state index contributed by atoms with van der Waals surface area (Å²) in [6, 6.07) is 0. The zero-order valence-corrected chi connectivity index (χ0v) is 10.9. The van der Waals surface area contributed by atoms with Crippen LogP contribution in [0.5, 0.6) is 0 Å². The van der Waals surface area contributed by atoms with Crippen LogP contribution in [0.3, 0.4) is 0 Å². The molecule has 0 aliphatic carbocycles. The molecule has 0 aromatic carbocycles. The van der Waals surface area contributed by atoms with Crippen molar-refractivity contribution >= 4 is 0 Å². The second-order valence-corrected chi connectivity index (χ2v) is 5.25. The number of hydrogen-bond donors (Lipinski definition) is 1. The van der Waals surface area contributed by atoms with Gasteiger partial charge in [-0.1, -0.05) is 19.1 Å². The zero-order chi connectivity index (χ0) is 12.2. The van der Waals surface area contributed by atoms with Crippen LogP contribution in [0.15, 0.2) is 24.5 Å². The number of rotatable bonds is 5. The molecule has 0 fully saturated rings. The van der Waals surface area contributed by atoms with E-state index in [1.165, 1.54) is 11.1 Å². The van der Waals surface area contributed by atoms with Crippen LogP contribution in [0, 0.1) is 0 Å². The van der Waals surface area contributed by atoms with E-state index in [4.69, 9.17) is 0 Å². The molecule has 3 heteroatoms. The molecule has 0 aliphatic rings. The molecule has 1 N–H and O–H groups in total. The summed E-state index contributed by atoms with van der Waals surface area (Å²) in [5.74, 6) is 0. The second kappa shape index (κ2) is 5.30. The number of aromatic nitrogens is 2. The molecule has 0 aliphatic heterocycles. The van der Waals surface area contributed by atoms with Gasteiger partial charge in [0, 0.05) is 23.8 Å². The lowest BCUT2D eigenvalue weighted by Crippen LogP contribution is -2.34. The summed E-state index contributed by atoms with van der Waals surface area (Å²) >= 11 is 0. The van der Waals surface area contributed by atoms with Gasteiger partial charge in [0.2, 0.25) is 0 Å². The highest BCUT2D eigenvalue weighted by atomic mass is 15.3. The lowest BCUT2D eigenvalue weighted by Gasteiger charge is -2.19. The fraction of sp³-hybridized carbons (Fsp3) is 0.615. The first-order valence-electron chi connectivity index (χ1n) is 5.83. The number of nitrogens with zero attached hydrogens (tertiary/aromatic N) is 2. The van der Waals surface area contributed by atoms with Gasteiger partial charge in [-0.3, -0.25) is 4.68 Å². The van der Waals surface area contributed by atoms with Gasteiger partial charge in [0.15, 0.2) is 0 Å². The van der Waals surface area contributed by atoms with Crippen LogP contribution in [0.4, 0.5) is 0 Å². The minimum Gasteiger partial charge on any atom is -0.308 e. The van der Waals surface area contributed by atoms with Crippen LogP contribution in [0.1, 0.15) is 39.7 Å². The maximum absolute atomic E-state index is 4.32. The molecular weight excluding hydrogens is 198 g/mol. The fourth-order valence-electron chi connectivity index (χ4n) is 1.29. The minimum atomic E-state index is 0.148. The predicted octanol–water partition coefficient (Wildman–Crippen LogP) is 2.74. The summed E-state index contributed by atoms with van der Waals surface area (Å²) in [7, 11) is 0. The molecule has 0 saturated carbocycles. The van der Waals surface area contributed by atoms with E-state index in [0.717, 1.165) is 19.5 Å². The van der Waals surface area contributed by atoms with E-state index in [1.807, 2.05) is 10.9 Å². The van der Waals surface area contributed by atoms with Crippen molar-refractivity contribution in [1.82, 2.24) is 15.1 Å². The highest BCUT2D eigenvalue weighted by Gasteiger charge is 2.09. The molecule has 0 amide bonds. The smallest absolute Gasteiger partial charge is 0.0616 e. The van der Waals surface area contributed by atoms with Crippen molar-refractivity contribution in [2.24, 2.45) is 0 Å². The summed E-state index contributed by atoms with van der Waals surface area (Å²) in [5, 5.41) is 7.76. The summed E-state index contributed by atoms with van der Waals surface area (Å²) in [6.45, 7) is 14.3. The normalized spacial score (nSPS) is 11.8. The largest absolute Gasteiger partial charge is 0.308 e. The SMILES string of the molecule is C=C(CC)Cn1cc(CNC(C)(C)C)cn1. The molecule has 1 rings (SSSR count). The molecule has 0 spiro atoms. The molecule has 0 unspecified atom stereocenters. The molecule has 3 nitrogen and oxygen atoms in total. The molecule has 1 heterocycles. The van der Waals surface area contributed by atoms with Crippen molar-refractivity contribution < 1.29 is 0 Å². The third-order valence-electron chi connectivity index (χ3n) is 2.40. The van der Waals surface area contributed by atoms with Crippen molar-refractivity contribution in [3.63, 3.8) is 0 Å². The van der Waals surface area contributed by atoms with Crippen LogP contribution in [-0.4, -0.2) is 15.3 Å². The third-order valence-corrected chi connectivity index (χ3v) is 2.40. The van der Waals surface area contributed by atoms with Gasteiger partial charge in [-0.05, 0) is 27.2 Å². The first-order chi connectivity index (χ1) is 7.40. The van der Waals surface area contributed by atoms with Gasteiger partial charge >= 0.3 is 0 Å². The van der Waals surface area contributed by atoms with Gasteiger partial charge in [0.05, 0.1) is 12.7 Å². The molecule has 1 aromatic heterocycles. The first kappa shape index (κ1) is 13.0. The molecule has 1 aromatic rings. The minimum absolute atomic E-state index is 0.148. The van der Waals surface area contributed by atoms with E-state index in [0.29, 0.717) is 0 Å². The summed E-state index contributed by atoms with van der Waals surface area (Å²) < 4.78 is 1.95. The lowest BCUT2D eigenvalue weighted by molar-refractivity contribution is 0.424. The molecule has 0 radical (unpaired) electrons. The summed E-state index contributed by atoms with van der Waals surface area (Å²) in [5.41, 5.74) is 2.58. The summed E-state index contributed by atoms with van der Waals surface area (Å²) in [4.78, 5) is 0. The third kappa shape index (κ3) is 4.62.